The molecular weight excluding hydrogens is 393 g/mol. The molecule has 8 nitrogen and oxygen atoms in total. The Morgan fingerprint density at radius 1 is 1.37 bits per heavy atom. The van der Waals surface area contributed by atoms with Gasteiger partial charge in [0.2, 0.25) is 5.43 Å². The Kier molecular flexibility index (Phi) is 5.07. The lowest BCUT2D eigenvalue weighted by atomic mass is 10.1. The monoisotopic (exact) mass is 415 g/mol. The first-order chi connectivity index (χ1) is 14.3. The van der Waals surface area contributed by atoms with Crippen molar-refractivity contribution >= 4 is 11.8 Å². The molecular formula is C21H22FN3O5. The van der Waals surface area contributed by atoms with Crippen LogP contribution in [0.3, 0.4) is 0 Å². The number of fused-ring (bicyclic) bond motifs is 2. The van der Waals surface area contributed by atoms with E-state index in [9.17, 15) is 23.9 Å². The number of aromatic nitrogens is 1. The summed E-state index contributed by atoms with van der Waals surface area (Å²) in [7, 11) is 0. The molecule has 3 heterocycles. The quantitative estimate of drug-likeness (QED) is 0.792. The summed E-state index contributed by atoms with van der Waals surface area (Å²) in [6.07, 6.45) is 1.37. The van der Waals surface area contributed by atoms with E-state index in [1.165, 1.54) is 21.7 Å². The summed E-state index contributed by atoms with van der Waals surface area (Å²) < 4.78 is 21.0. The summed E-state index contributed by atoms with van der Waals surface area (Å²) >= 11 is 0. The molecule has 2 N–H and O–H groups in total. The molecule has 9 heteroatoms. The molecule has 2 aliphatic heterocycles. The fourth-order valence-corrected chi connectivity index (χ4v) is 3.89. The number of hydrogen-bond acceptors (Lipinski definition) is 5. The van der Waals surface area contributed by atoms with Gasteiger partial charge in [0.25, 0.3) is 11.8 Å². The van der Waals surface area contributed by atoms with Gasteiger partial charge in [0.05, 0.1) is 13.2 Å². The number of pyridine rings is 1. The lowest BCUT2D eigenvalue weighted by molar-refractivity contribution is -0.112. The van der Waals surface area contributed by atoms with Crippen molar-refractivity contribution in [3.8, 4) is 5.75 Å². The van der Waals surface area contributed by atoms with Crippen LogP contribution in [0.15, 0.2) is 29.2 Å². The predicted molar refractivity (Wildman–Crippen MR) is 105 cm³/mol. The third kappa shape index (κ3) is 3.35. The van der Waals surface area contributed by atoms with Crippen LogP contribution in [-0.2, 0) is 17.8 Å². The molecule has 0 spiro atoms. The van der Waals surface area contributed by atoms with Crippen LogP contribution < -0.4 is 10.7 Å². The fourth-order valence-electron chi connectivity index (χ4n) is 3.89. The minimum absolute atomic E-state index is 0.0908. The second-order valence-corrected chi connectivity index (χ2v) is 7.67. The molecule has 0 radical (unpaired) electrons. The molecule has 2 aromatic rings. The van der Waals surface area contributed by atoms with Gasteiger partial charge in [0.15, 0.2) is 17.7 Å². The number of aromatic hydroxyl groups is 1. The molecule has 1 saturated heterocycles. The van der Waals surface area contributed by atoms with Gasteiger partial charge in [-0.15, -0.1) is 0 Å². The number of benzene rings is 1. The predicted octanol–water partition coefficient (Wildman–Crippen LogP) is 1.52. The molecule has 1 aromatic carbocycles. The summed E-state index contributed by atoms with van der Waals surface area (Å²) in [6, 6.07) is 4.53. The second kappa shape index (κ2) is 7.56. The highest BCUT2D eigenvalue weighted by molar-refractivity contribution is 5.99. The van der Waals surface area contributed by atoms with E-state index >= 15 is 0 Å². The number of amides is 2. The van der Waals surface area contributed by atoms with Crippen molar-refractivity contribution in [2.24, 2.45) is 0 Å². The Bertz CT molecular complexity index is 1100. The van der Waals surface area contributed by atoms with Crippen LogP contribution in [0.25, 0.3) is 0 Å². The zero-order valence-corrected chi connectivity index (χ0v) is 16.6. The third-order valence-electron chi connectivity index (χ3n) is 5.57. The highest BCUT2D eigenvalue weighted by Gasteiger charge is 2.41. The van der Waals surface area contributed by atoms with Gasteiger partial charge in [-0.2, -0.15) is 0 Å². The van der Waals surface area contributed by atoms with Gasteiger partial charge >= 0.3 is 0 Å². The molecule has 2 atom stereocenters. The van der Waals surface area contributed by atoms with Crippen molar-refractivity contribution in [1.82, 2.24) is 14.8 Å². The van der Waals surface area contributed by atoms with E-state index in [-0.39, 0.29) is 36.0 Å². The molecule has 2 unspecified atom stereocenters. The lowest BCUT2D eigenvalue weighted by Crippen LogP contribution is -2.57. The van der Waals surface area contributed by atoms with E-state index < -0.39 is 35.0 Å². The molecule has 1 aromatic heterocycles. The maximum absolute atomic E-state index is 14.0. The van der Waals surface area contributed by atoms with Gasteiger partial charge < -0.3 is 24.6 Å². The number of carbonyl (C=O) groups is 2. The standard InChI is InChI=1S/C21H22FN3O5/c1-11-3-4-13(15(22)7-11)8-23-20(28)14-9-24-10-16-25(12(2)5-6-30-16)21(29)17(24)19(27)18(14)26/h3-4,7,9,12,16,27H,5-6,8,10H2,1-2H3,(H,23,28). The average Bonchev–Trinajstić information content (AvgIpc) is 2.69. The maximum Gasteiger partial charge on any atom is 0.276 e. The van der Waals surface area contributed by atoms with E-state index in [2.05, 4.69) is 5.32 Å². The van der Waals surface area contributed by atoms with Crippen LogP contribution in [-0.4, -0.2) is 45.3 Å². The number of halogens is 1. The highest BCUT2D eigenvalue weighted by Crippen LogP contribution is 2.29. The third-order valence-corrected chi connectivity index (χ3v) is 5.57. The smallest absolute Gasteiger partial charge is 0.276 e. The highest BCUT2D eigenvalue weighted by atomic mass is 19.1. The van der Waals surface area contributed by atoms with E-state index in [4.69, 9.17) is 4.74 Å². The van der Waals surface area contributed by atoms with Crippen LogP contribution >= 0.6 is 0 Å². The fraction of sp³-hybridized carbons (Fsp3) is 0.381. The topological polar surface area (TPSA) is 101 Å². The van der Waals surface area contributed by atoms with Crippen LogP contribution in [0.4, 0.5) is 4.39 Å². The number of nitrogens with one attached hydrogen (secondary N) is 1. The first-order valence-electron chi connectivity index (χ1n) is 9.72. The molecule has 2 amide bonds. The molecule has 0 aliphatic carbocycles. The van der Waals surface area contributed by atoms with Crippen LogP contribution in [0.5, 0.6) is 5.75 Å². The van der Waals surface area contributed by atoms with Gasteiger partial charge in [-0.25, -0.2) is 4.39 Å². The van der Waals surface area contributed by atoms with E-state index in [0.717, 1.165) is 5.56 Å². The summed E-state index contributed by atoms with van der Waals surface area (Å²) in [4.78, 5) is 39.6. The Hall–Kier alpha value is -3.20. The van der Waals surface area contributed by atoms with E-state index in [0.29, 0.717) is 13.0 Å². The van der Waals surface area contributed by atoms with Crippen molar-refractivity contribution in [1.29, 1.82) is 0 Å². The van der Waals surface area contributed by atoms with Crippen LogP contribution in [0.2, 0.25) is 0 Å². The first kappa shape index (κ1) is 20.1. The van der Waals surface area contributed by atoms with Crippen molar-refractivity contribution in [3.63, 3.8) is 0 Å². The first-order valence-corrected chi connectivity index (χ1v) is 9.72. The van der Waals surface area contributed by atoms with E-state index in [1.54, 1.807) is 19.1 Å². The van der Waals surface area contributed by atoms with Crippen LogP contribution in [0.1, 0.15) is 45.3 Å². The second-order valence-electron chi connectivity index (χ2n) is 7.67. The molecule has 4 rings (SSSR count). The minimum atomic E-state index is -0.944. The molecule has 1 fully saturated rings. The molecule has 0 bridgehead atoms. The molecule has 2 aliphatic rings. The Balaban J connectivity index is 1.63. The largest absolute Gasteiger partial charge is 0.503 e. The van der Waals surface area contributed by atoms with Gasteiger partial charge in [0.1, 0.15) is 11.4 Å². The number of aryl methyl sites for hydroxylation is 1. The number of rotatable bonds is 3. The maximum atomic E-state index is 14.0. The van der Waals surface area contributed by atoms with Crippen molar-refractivity contribution < 1.29 is 23.8 Å². The number of ether oxygens (including phenoxy) is 1. The van der Waals surface area contributed by atoms with Gasteiger partial charge in [0, 0.05) is 24.3 Å². The lowest BCUT2D eigenvalue weighted by Gasteiger charge is -2.44. The zero-order chi connectivity index (χ0) is 21.6. The van der Waals surface area contributed by atoms with Gasteiger partial charge in [-0.05, 0) is 31.9 Å². The summed E-state index contributed by atoms with van der Waals surface area (Å²) in [6.45, 7) is 4.19. The summed E-state index contributed by atoms with van der Waals surface area (Å²) in [5.41, 5.74) is -0.408. The molecule has 158 valence electrons. The van der Waals surface area contributed by atoms with Crippen molar-refractivity contribution in [2.75, 3.05) is 6.61 Å². The van der Waals surface area contributed by atoms with E-state index in [1.807, 2.05) is 6.92 Å². The normalized spacial score (nSPS) is 20.5. The van der Waals surface area contributed by atoms with Crippen LogP contribution in [0, 0.1) is 12.7 Å². The van der Waals surface area contributed by atoms with Crippen molar-refractivity contribution in [3.05, 3.63) is 62.8 Å². The molecule has 30 heavy (non-hydrogen) atoms. The average molecular weight is 415 g/mol. The summed E-state index contributed by atoms with van der Waals surface area (Å²) in [5, 5.41) is 12.9. The Morgan fingerprint density at radius 3 is 2.87 bits per heavy atom. The Morgan fingerprint density at radius 2 is 2.13 bits per heavy atom. The number of nitrogens with zero attached hydrogens (tertiary/aromatic N) is 2. The summed E-state index contributed by atoms with van der Waals surface area (Å²) in [5.74, 6) is -2.51. The number of hydrogen-bond donors (Lipinski definition) is 2. The zero-order valence-electron chi connectivity index (χ0n) is 16.6. The SMILES string of the molecule is Cc1ccc(CNC(=O)c2cn3c(c(O)c2=O)C(=O)N2C(C)CCOC2C3)c(F)c1. The minimum Gasteiger partial charge on any atom is -0.503 e. The number of carbonyl (C=O) groups excluding carboxylic acids is 2. The molecule has 0 saturated carbocycles. The van der Waals surface area contributed by atoms with Gasteiger partial charge in [-0.1, -0.05) is 12.1 Å². The van der Waals surface area contributed by atoms with Crippen molar-refractivity contribution in [2.45, 2.75) is 45.6 Å². The Labute approximate surface area is 171 Å². The van der Waals surface area contributed by atoms with Gasteiger partial charge in [-0.3, -0.25) is 14.4 Å².